The third-order valence-corrected chi connectivity index (χ3v) is 13.5. The van der Waals surface area contributed by atoms with Crippen molar-refractivity contribution >= 4 is 45.8 Å². The van der Waals surface area contributed by atoms with Gasteiger partial charge in [0, 0.05) is 91.7 Å². The monoisotopic (exact) mass is 879 g/mol. The number of cyclic esters (lactones) is 1. The van der Waals surface area contributed by atoms with Crippen molar-refractivity contribution in [3.63, 3.8) is 0 Å². The molecule has 3 saturated heterocycles. The number of halogens is 3. The number of fused-ring (bicyclic) bond motifs is 6. The molecule has 2 N–H and O–H groups in total. The Bertz CT molecular complexity index is 2320. The predicted octanol–water partition coefficient (Wildman–Crippen LogP) is 6.18. The molecule has 4 atom stereocenters. The first-order chi connectivity index (χ1) is 29.5. The van der Waals surface area contributed by atoms with Gasteiger partial charge >= 0.3 is 18.2 Å². The number of aromatic nitrogens is 3. The molecule has 7 heterocycles. The van der Waals surface area contributed by atoms with E-state index < -0.39 is 42.3 Å². The Kier molecular flexibility index (Phi) is 12.3. The van der Waals surface area contributed by atoms with Gasteiger partial charge in [0.15, 0.2) is 0 Å². The van der Waals surface area contributed by atoms with Crippen LogP contribution >= 0.6 is 11.3 Å². The van der Waals surface area contributed by atoms with Gasteiger partial charge in [0.1, 0.15) is 18.6 Å². The largest absolute Gasteiger partial charge is 0.464 e. The van der Waals surface area contributed by atoms with Crippen molar-refractivity contribution in [3.05, 3.63) is 52.1 Å². The van der Waals surface area contributed by atoms with Crippen molar-refractivity contribution < 1.29 is 37.0 Å². The number of ether oxygens (including phenoxy) is 2. The smallest absolute Gasteiger partial charge is 0.406 e. The van der Waals surface area contributed by atoms with Gasteiger partial charge in [-0.3, -0.25) is 19.6 Å². The second-order valence-electron chi connectivity index (χ2n) is 18.0. The van der Waals surface area contributed by atoms with Crippen LogP contribution in [0.25, 0.3) is 33.4 Å². The highest BCUT2D eigenvalue weighted by Gasteiger charge is 2.39. The molecule has 3 aromatic heterocycles. The maximum atomic E-state index is 14.9. The molecule has 4 aliphatic rings. The first kappa shape index (κ1) is 43.9. The van der Waals surface area contributed by atoms with E-state index in [9.17, 15) is 27.6 Å². The summed E-state index contributed by atoms with van der Waals surface area (Å²) in [6, 6.07) is 5.22. The third kappa shape index (κ3) is 9.15. The highest BCUT2D eigenvalue weighted by atomic mass is 32.1. The number of pyridine rings is 1. The van der Waals surface area contributed by atoms with Crippen molar-refractivity contribution in [1.29, 1.82) is 0 Å². The minimum Gasteiger partial charge on any atom is -0.464 e. The van der Waals surface area contributed by atoms with Crippen LogP contribution in [0.15, 0.2) is 35.8 Å². The van der Waals surface area contributed by atoms with E-state index in [1.165, 1.54) is 20.9 Å². The summed E-state index contributed by atoms with van der Waals surface area (Å²) in [5.41, 5.74) is 6.84. The number of thiazole rings is 1. The standard InChI is InChI=1S/C44H56F3N9O5S/c1-26-11-13-54(26)42(59)50-34-20-37-49-35(23-62-37)28-9-10-36-30(18-28)32(21-43(3,4)25-61-41(58)33-8-7-12-56(51-33)40(34)57)39(55(36)24-44(45,46)47)31-19-29(22-48-38(31)27(2)60-6)53-16-14-52(5)15-17-53/h9-10,18-19,22-23,26-27,33-34,51H,7-8,11-17,20-21,24-25H2,1-6H3,(H,50,59)/t26-,27+,33+,34+/m1/s1. The van der Waals surface area contributed by atoms with Crippen LogP contribution < -0.4 is 15.6 Å². The van der Waals surface area contributed by atoms with Crippen LogP contribution in [-0.4, -0.2) is 132 Å². The van der Waals surface area contributed by atoms with Gasteiger partial charge in [-0.2, -0.15) is 13.2 Å². The number of methoxy groups -OCH3 is 1. The second-order valence-corrected chi connectivity index (χ2v) is 18.9. The summed E-state index contributed by atoms with van der Waals surface area (Å²) in [6.45, 7) is 10.4. The fourth-order valence-corrected chi connectivity index (χ4v) is 9.75. The number of nitrogens with one attached hydrogen (secondary N) is 2. The second kappa shape index (κ2) is 17.4. The molecule has 0 aliphatic carbocycles. The lowest BCUT2D eigenvalue weighted by molar-refractivity contribution is -0.155. The fraction of sp³-hybridized carbons (Fsp3) is 0.568. The van der Waals surface area contributed by atoms with E-state index >= 15 is 0 Å². The number of nitrogens with zero attached hydrogens (tertiary/aromatic N) is 7. The summed E-state index contributed by atoms with van der Waals surface area (Å²) in [7, 11) is 3.62. The number of anilines is 1. The Labute approximate surface area is 363 Å². The number of carbonyl (C=O) groups excluding carboxylic acids is 3. The molecule has 8 rings (SSSR count). The number of hydrogen-bond acceptors (Lipinski definition) is 11. The van der Waals surface area contributed by atoms with Crippen LogP contribution in [0.2, 0.25) is 0 Å². The van der Waals surface area contributed by atoms with Crippen molar-refractivity contribution in [1.82, 2.24) is 40.1 Å². The zero-order valence-corrected chi connectivity index (χ0v) is 37.0. The highest BCUT2D eigenvalue weighted by molar-refractivity contribution is 7.10. The molecule has 6 bridgehead atoms. The lowest BCUT2D eigenvalue weighted by Gasteiger charge is -2.40. The van der Waals surface area contributed by atoms with Crippen molar-refractivity contribution in [2.24, 2.45) is 5.41 Å². The molecule has 0 saturated carbocycles. The zero-order valence-electron chi connectivity index (χ0n) is 36.2. The summed E-state index contributed by atoms with van der Waals surface area (Å²) in [4.78, 5) is 57.3. The topological polar surface area (TPSA) is 137 Å². The number of hydrogen-bond donors (Lipinski definition) is 2. The molecule has 1 aromatic carbocycles. The molecule has 4 aliphatic heterocycles. The van der Waals surface area contributed by atoms with Gasteiger partial charge in [0.2, 0.25) is 0 Å². The maximum absolute atomic E-state index is 14.9. The molecule has 62 heavy (non-hydrogen) atoms. The Morgan fingerprint density at radius 1 is 1.11 bits per heavy atom. The molecule has 3 fully saturated rings. The molecule has 0 unspecified atom stereocenters. The van der Waals surface area contributed by atoms with Crippen LogP contribution in [0.3, 0.4) is 0 Å². The van der Waals surface area contributed by atoms with E-state index in [-0.39, 0.29) is 37.4 Å². The molecule has 0 radical (unpaired) electrons. The number of piperazine rings is 1. The van der Waals surface area contributed by atoms with E-state index in [0.29, 0.717) is 75.6 Å². The van der Waals surface area contributed by atoms with E-state index in [1.807, 2.05) is 45.2 Å². The van der Waals surface area contributed by atoms with E-state index in [2.05, 4.69) is 27.6 Å². The first-order valence-electron chi connectivity index (χ1n) is 21.4. The number of alkyl halides is 3. The number of rotatable bonds is 6. The van der Waals surface area contributed by atoms with Crippen LogP contribution in [0.1, 0.15) is 69.3 Å². The Hall–Kier alpha value is -4.78. The van der Waals surface area contributed by atoms with Gasteiger partial charge in [0.25, 0.3) is 5.91 Å². The summed E-state index contributed by atoms with van der Waals surface area (Å²) in [6.07, 6.45) is -1.19. The van der Waals surface area contributed by atoms with E-state index in [4.69, 9.17) is 19.4 Å². The number of likely N-dealkylation sites (N-methyl/N-ethyl adjacent to an activating group) is 1. The zero-order chi connectivity index (χ0) is 44.1. The highest BCUT2D eigenvalue weighted by Crippen LogP contribution is 2.44. The van der Waals surface area contributed by atoms with Gasteiger partial charge in [0.05, 0.1) is 46.7 Å². The van der Waals surface area contributed by atoms with E-state index in [1.54, 1.807) is 30.3 Å². The van der Waals surface area contributed by atoms with Crippen LogP contribution in [0.5, 0.6) is 0 Å². The Balaban J connectivity index is 1.29. The summed E-state index contributed by atoms with van der Waals surface area (Å²) in [5, 5.41) is 7.41. The first-order valence-corrected chi connectivity index (χ1v) is 22.3. The number of urea groups is 1. The molecular formula is C44H56F3N9O5S. The fourth-order valence-electron chi connectivity index (χ4n) is 8.90. The average molecular weight is 880 g/mol. The van der Waals surface area contributed by atoms with Crippen LogP contribution in [-0.2, 0) is 38.4 Å². The van der Waals surface area contributed by atoms with E-state index in [0.717, 1.165) is 38.3 Å². The average Bonchev–Trinajstić information content (AvgIpc) is 3.82. The van der Waals surface area contributed by atoms with Gasteiger partial charge < -0.3 is 34.1 Å². The number of benzene rings is 1. The summed E-state index contributed by atoms with van der Waals surface area (Å²) in [5.74, 6) is -0.932. The van der Waals surface area contributed by atoms with Crippen molar-refractivity contribution in [2.45, 2.75) is 96.7 Å². The number of esters is 1. The Morgan fingerprint density at radius 2 is 1.89 bits per heavy atom. The maximum Gasteiger partial charge on any atom is 0.406 e. The number of carbonyl (C=O) groups is 3. The normalized spacial score (nSPS) is 23.2. The lowest BCUT2D eigenvalue weighted by Crippen LogP contribution is -2.62. The lowest BCUT2D eigenvalue weighted by atomic mass is 9.84. The van der Waals surface area contributed by atoms with Gasteiger partial charge in [-0.25, -0.2) is 15.2 Å². The SMILES string of the molecule is CO[C@@H](C)c1ncc(N2CCN(C)CC2)cc1-c1c2c3cc(ccc3n1CC(F)(F)F)-c1csc(n1)C[C@H](NC(=O)N1CC[C@H]1C)C(=O)N1CCC[C@H](N1)C(=O)OCC(C)(C)C2. The molecule has 4 aromatic rings. The van der Waals surface area contributed by atoms with Crippen molar-refractivity contribution in [3.8, 4) is 22.5 Å². The summed E-state index contributed by atoms with van der Waals surface area (Å²) < 4.78 is 57.8. The van der Waals surface area contributed by atoms with Crippen LogP contribution in [0, 0.1) is 5.41 Å². The minimum atomic E-state index is -4.58. The molecule has 0 spiro atoms. The molecule has 334 valence electrons. The minimum absolute atomic E-state index is 0.0470. The van der Waals surface area contributed by atoms with Crippen LogP contribution in [0.4, 0.5) is 23.7 Å². The van der Waals surface area contributed by atoms with Gasteiger partial charge in [-0.15, -0.1) is 11.3 Å². The number of hydrazine groups is 1. The summed E-state index contributed by atoms with van der Waals surface area (Å²) >= 11 is 1.34. The molecule has 3 amide bonds. The molecule has 14 nitrogen and oxygen atoms in total. The number of amides is 3. The quantitative estimate of drug-likeness (QED) is 0.216. The molecular weight excluding hydrogens is 824 g/mol. The predicted molar refractivity (Wildman–Crippen MR) is 231 cm³/mol. The molecule has 18 heteroatoms. The Morgan fingerprint density at radius 3 is 2.58 bits per heavy atom. The third-order valence-electron chi connectivity index (χ3n) is 12.7. The van der Waals surface area contributed by atoms with Gasteiger partial charge in [-0.1, -0.05) is 19.9 Å². The van der Waals surface area contributed by atoms with Gasteiger partial charge in [-0.05, 0) is 70.3 Å². The van der Waals surface area contributed by atoms with Crippen molar-refractivity contribution in [2.75, 3.05) is 64.9 Å². The number of likely N-dealkylation sites (tertiary alicyclic amines) is 1.